The summed E-state index contributed by atoms with van der Waals surface area (Å²) in [5, 5.41) is 13.4. The van der Waals surface area contributed by atoms with E-state index in [2.05, 4.69) is 5.32 Å². The van der Waals surface area contributed by atoms with E-state index in [0.29, 0.717) is 10.6 Å². The van der Waals surface area contributed by atoms with E-state index in [9.17, 15) is 9.59 Å². The minimum absolute atomic E-state index is 0.186. The highest BCUT2D eigenvalue weighted by atomic mass is 32.1. The van der Waals surface area contributed by atoms with Gasteiger partial charge in [-0.15, -0.1) is 11.3 Å². The number of carbonyl (C=O) groups is 2. The minimum atomic E-state index is -0.982. The Balaban J connectivity index is 2.00. The van der Waals surface area contributed by atoms with Gasteiger partial charge in [0.2, 0.25) is 0 Å². The largest absolute Gasteiger partial charge is 0.480 e. The van der Waals surface area contributed by atoms with Gasteiger partial charge in [-0.05, 0) is 23.9 Å². The molecule has 2 aromatic rings. The zero-order chi connectivity index (χ0) is 15.2. The second-order valence-corrected chi connectivity index (χ2v) is 5.35. The zero-order valence-corrected chi connectivity index (χ0v) is 12.2. The topological polar surface area (TPSA) is 75.6 Å². The third-order valence-electron chi connectivity index (χ3n) is 2.81. The molecule has 21 heavy (non-hydrogen) atoms. The molecule has 0 bridgehead atoms. The number of thiophene rings is 1. The predicted molar refractivity (Wildman–Crippen MR) is 80.6 cm³/mol. The second-order valence-electron chi connectivity index (χ2n) is 4.43. The second kappa shape index (κ2) is 6.90. The van der Waals surface area contributed by atoms with Gasteiger partial charge in [0, 0.05) is 0 Å². The van der Waals surface area contributed by atoms with E-state index >= 15 is 0 Å². The molecule has 6 heteroatoms. The van der Waals surface area contributed by atoms with Crippen LogP contribution < -0.4 is 5.32 Å². The molecular weight excluding hydrogens is 290 g/mol. The highest BCUT2D eigenvalue weighted by Crippen LogP contribution is 2.24. The Kier molecular flexibility index (Phi) is 4.94. The van der Waals surface area contributed by atoms with E-state index in [1.807, 2.05) is 30.3 Å². The lowest BCUT2D eigenvalue weighted by atomic mass is 10.2. The molecule has 1 heterocycles. The first-order valence-electron chi connectivity index (χ1n) is 6.36. The maximum absolute atomic E-state index is 12.1. The Morgan fingerprint density at radius 1 is 1.29 bits per heavy atom. The molecule has 0 aliphatic carbocycles. The van der Waals surface area contributed by atoms with Crippen molar-refractivity contribution in [2.75, 3.05) is 5.32 Å². The first kappa shape index (κ1) is 15.1. The Bertz CT molecular complexity index is 624. The van der Waals surface area contributed by atoms with Crippen LogP contribution in [0.4, 0.5) is 5.69 Å². The number of carboxylic acid groups (broad SMARTS) is 1. The molecule has 0 saturated carbocycles. The average molecular weight is 305 g/mol. The van der Waals surface area contributed by atoms with Crippen molar-refractivity contribution in [2.45, 2.75) is 19.6 Å². The summed E-state index contributed by atoms with van der Waals surface area (Å²) in [6.07, 6.45) is 0. The lowest BCUT2D eigenvalue weighted by molar-refractivity contribution is -0.137. The molecule has 0 spiro atoms. The van der Waals surface area contributed by atoms with Crippen LogP contribution in [0.3, 0.4) is 0 Å². The summed E-state index contributed by atoms with van der Waals surface area (Å²) in [5.41, 5.74) is 1.38. The van der Waals surface area contributed by atoms with Crippen LogP contribution in [-0.2, 0) is 16.1 Å². The van der Waals surface area contributed by atoms with Gasteiger partial charge in [0.25, 0.3) is 0 Å². The highest BCUT2D eigenvalue weighted by Gasteiger charge is 2.18. The number of hydrogen-bond acceptors (Lipinski definition) is 5. The van der Waals surface area contributed by atoms with Crippen molar-refractivity contribution in [2.24, 2.45) is 0 Å². The van der Waals surface area contributed by atoms with Crippen molar-refractivity contribution in [3.8, 4) is 0 Å². The van der Waals surface area contributed by atoms with Gasteiger partial charge in [0.05, 0.1) is 5.69 Å². The van der Waals surface area contributed by atoms with Gasteiger partial charge in [-0.25, -0.2) is 4.79 Å². The molecule has 5 nitrogen and oxygen atoms in total. The summed E-state index contributed by atoms with van der Waals surface area (Å²) in [7, 11) is 0. The number of rotatable bonds is 6. The molecule has 0 unspecified atom stereocenters. The van der Waals surface area contributed by atoms with Crippen LogP contribution in [0.15, 0.2) is 41.8 Å². The normalized spacial score (nSPS) is 11.7. The summed E-state index contributed by atoms with van der Waals surface area (Å²) in [4.78, 5) is 23.3. The number of benzene rings is 1. The Morgan fingerprint density at radius 3 is 2.67 bits per heavy atom. The molecule has 0 radical (unpaired) electrons. The highest BCUT2D eigenvalue weighted by molar-refractivity contribution is 7.12. The summed E-state index contributed by atoms with van der Waals surface area (Å²) in [5.74, 6) is -1.45. The number of carboxylic acids is 1. The van der Waals surface area contributed by atoms with Gasteiger partial charge in [-0.1, -0.05) is 30.3 Å². The number of carbonyl (C=O) groups excluding carboxylic acids is 1. The van der Waals surface area contributed by atoms with E-state index in [1.54, 1.807) is 11.4 Å². The van der Waals surface area contributed by atoms with Crippen LogP contribution in [0.1, 0.15) is 22.2 Å². The quantitative estimate of drug-likeness (QED) is 0.802. The molecule has 2 N–H and O–H groups in total. The third kappa shape index (κ3) is 4.06. The van der Waals surface area contributed by atoms with Crippen molar-refractivity contribution < 1.29 is 19.4 Å². The van der Waals surface area contributed by atoms with Crippen LogP contribution in [0.25, 0.3) is 0 Å². The van der Waals surface area contributed by atoms with E-state index in [-0.39, 0.29) is 6.61 Å². The van der Waals surface area contributed by atoms with Crippen molar-refractivity contribution in [3.05, 3.63) is 52.2 Å². The third-order valence-corrected chi connectivity index (χ3v) is 3.70. The Morgan fingerprint density at radius 2 is 2.00 bits per heavy atom. The number of aliphatic carboxylic acids is 1. The minimum Gasteiger partial charge on any atom is -0.480 e. The number of esters is 1. The standard InChI is InChI=1S/C15H15NO4S/c1-10(14(17)18)16-12-7-8-21-13(12)15(19)20-9-11-5-3-2-4-6-11/h2-8,10,16H,9H2,1H3,(H,17,18)/t10-/m0/s1. The summed E-state index contributed by atoms with van der Waals surface area (Å²) in [6, 6.07) is 10.3. The lowest BCUT2D eigenvalue weighted by Crippen LogP contribution is -2.26. The molecule has 0 saturated heterocycles. The molecular formula is C15H15NO4S. The monoisotopic (exact) mass is 305 g/mol. The number of ether oxygens (including phenoxy) is 1. The van der Waals surface area contributed by atoms with Gasteiger partial charge in [0.15, 0.2) is 0 Å². The smallest absolute Gasteiger partial charge is 0.350 e. The van der Waals surface area contributed by atoms with Crippen molar-refractivity contribution in [1.29, 1.82) is 0 Å². The van der Waals surface area contributed by atoms with Gasteiger partial charge in [-0.2, -0.15) is 0 Å². The van der Waals surface area contributed by atoms with Crippen LogP contribution >= 0.6 is 11.3 Å². The predicted octanol–water partition coefficient (Wildman–Crippen LogP) is 2.99. The van der Waals surface area contributed by atoms with Crippen molar-refractivity contribution in [3.63, 3.8) is 0 Å². The number of nitrogens with one attached hydrogen (secondary N) is 1. The fraction of sp³-hybridized carbons (Fsp3) is 0.200. The first-order valence-corrected chi connectivity index (χ1v) is 7.24. The fourth-order valence-corrected chi connectivity index (χ4v) is 2.41. The molecule has 1 atom stereocenters. The molecule has 0 amide bonds. The van der Waals surface area contributed by atoms with Gasteiger partial charge in [0.1, 0.15) is 17.5 Å². The SMILES string of the molecule is C[C@H](Nc1ccsc1C(=O)OCc1ccccc1)C(=O)O. The van der Waals surface area contributed by atoms with Crippen LogP contribution in [0.5, 0.6) is 0 Å². The van der Waals surface area contributed by atoms with Gasteiger partial charge >= 0.3 is 11.9 Å². The lowest BCUT2D eigenvalue weighted by Gasteiger charge is -2.11. The molecule has 0 fully saturated rings. The molecule has 2 rings (SSSR count). The molecule has 1 aromatic heterocycles. The van der Waals surface area contributed by atoms with E-state index in [0.717, 1.165) is 5.56 Å². The van der Waals surface area contributed by atoms with Gasteiger partial charge < -0.3 is 15.2 Å². The maximum Gasteiger partial charge on any atom is 0.350 e. The molecule has 0 aliphatic heterocycles. The van der Waals surface area contributed by atoms with E-state index < -0.39 is 18.0 Å². The van der Waals surface area contributed by atoms with Crippen molar-refractivity contribution >= 4 is 29.0 Å². The summed E-state index contributed by atoms with van der Waals surface area (Å²) in [6.45, 7) is 1.70. The summed E-state index contributed by atoms with van der Waals surface area (Å²) < 4.78 is 5.24. The Labute approximate surface area is 126 Å². The van der Waals surface area contributed by atoms with Crippen molar-refractivity contribution in [1.82, 2.24) is 0 Å². The fourth-order valence-electron chi connectivity index (χ4n) is 1.66. The zero-order valence-electron chi connectivity index (χ0n) is 11.4. The first-order chi connectivity index (χ1) is 10.1. The average Bonchev–Trinajstić information content (AvgIpc) is 2.94. The van der Waals surface area contributed by atoms with Gasteiger partial charge in [-0.3, -0.25) is 4.79 Å². The maximum atomic E-state index is 12.1. The molecule has 110 valence electrons. The van der Waals surface area contributed by atoms with E-state index in [1.165, 1.54) is 18.3 Å². The number of hydrogen-bond donors (Lipinski definition) is 2. The number of anilines is 1. The van der Waals surface area contributed by atoms with E-state index in [4.69, 9.17) is 9.84 Å². The molecule has 1 aromatic carbocycles. The van der Waals surface area contributed by atoms with Crippen LogP contribution in [0.2, 0.25) is 0 Å². The Hall–Kier alpha value is -2.34. The summed E-state index contributed by atoms with van der Waals surface area (Å²) >= 11 is 1.22. The molecule has 0 aliphatic rings. The van der Waals surface area contributed by atoms with Crippen LogP contribution in [-0.4, -0.2) is 23.1 Å². The van der Waals surface area contributed by atoms with Crippen LogP contribution in [0, 0.1) is 0 Å².